The molecule has 1 aromatic heterocycles. The van der Waals surface area contributed by atoms with Crippen molar-refractivity contribution in [3.05, 3.63) is 64.2 Å². The number of benzene rings is 2. The van der Waals surface area contributed by atoms with E-state index in [-0.39, 0.29) is 16.4 Å². The van der Waals surface area contributed by atoms with Crippen LogP contribution in [0.5, 0.6) is 0 Å². The van der Waals surface area contributed by atoms with Crippen molar-refractivity contribution in [3.8, 4) is 0 Å². The number of thioether (sulfide) groups is 1. The maximum Gasteiger partial charge on any atom is 0.270 e. The third-order valence-electron chi connectivity index (χ3n) is 2.85. The monoisotopic (exact) mass is 299 g/mol. The lowest BCUT2D eigenvalue weighted by Crippen LogP contribution is -1.96. The predicted octanol–water partition coefficient (Wildman–Crippen LogP) is 3.40. The fraction of sp³-hybridized carbons (Fsp3) is 0. The summed E-state index contributed by atoms with van der Waals surface area (Å²) < 4.78 is 0. The third kappa shape index (κ3) is 2.77. The molecule has 2 aromatic carbocycles. The Morgan fingerprint density at radius 3 is 2.76 bits per heavy atom. The number of carbonyl (C=O) groups is 1. The van der Waals surface area contributed by atoms with Crippen LogP contribution in [0.4, 0.5) is 5.69 Å². The minimum Gasteiger partial charge on any atom is -0.333 e. The molecule has 7 heteroatoms. The van der Waals surface area contributed by atoms with Crippen LogP contribution in [-0.2, 0) is 0 Å². The molecule has 0 aliphatic rings. The van der Waals surface area contributed by atoms with Gasteiger partial charge in [0, 0.05) is 17.7 Å². The van der Waals surface area contributed by atoms with E-state index in [1.807, 2.05) is 24.3 Å². The number of nitro benzene ring substituents is 1. The van der Waals surface area contributed by atoms with Crippen LogP contribution >= 0.6 is 11.8 Å². The van der Waals surface area contributed by atoms with Gasteiger partial charge in [0.15, 0.2) is 5.16 Å². The first-order valence-corrected chi connectivity index (χ1v) is 6.86. The molecule has 104 valence electrons. The molecule has 6 nitrogen and oxygen atoms in total. The molecule has 0 amide bonds. The number of nitrogens with one attached hydrogen (secondary N) is 1. The number of imidazole rings is 1. The third-order valence-corrected chi connectivity index (χ3v) is 3.66. The molecule has 3 rings (SSSR count). The van der Waals surface area contributed by atoms with E-state index in [9.17, 15) is 14.9 Å². The second-order valence-corrected chi connectivity index (χ2v) is 5.22. The van der Waals surface area contributed by atoms with Crippen LogP contribution < -0.4 is 0 Å². The second-order valence-electron chi connectivity index (χ2n) is 4.26. The molecule has 3 aromatic rings. The lowest BCUT2D eigenvalue weighted by Gasteiger charge is -1.98. The van der Waals surface area contributed by atoms with Gasteiger partial charge < -0.3 is 4.98 Å². The molecule has 0 radical (unpaired) electrons. The molecular formula is C14H9N3O3S. The van der Waals surface area contributed by atoms with Gasteiger partial charge in [-0.05, 0) is 30.0 Å². The van der Waals surface area contributed by atoms with Crippen molar-refractivity contribution in [1.29, 1.82) is 0 Å². The normalized spacial score (nSPS) is 10.7. The lowest BCUT2D eigenvalue weighted by molar-refractivity contribution is -0.384. The minimum atomic E-state index is -0.525. The van der Waals surface area contributed by atoms with Crippen LogP contribution in [0.2, 0.25) is 0 Å². The van der Waals surface area contributed by atoms with E-state index in [0.717, 1.165) is 22.8 Å². The van der Waals surface area contributed by atoms with Crippen molar-refractivity contribution in [2.75, 3.05) is 0 Å². The quantitative estimate of drug-likeness (QED) is 0.455. The molecule has 0 aliphatic heterocycles. The summed E-state index contributed by atoms with van der Waals surface area (Å²) in [4.78, 5) is 29.7. The van der Waals surface area contributed by atoms with Gasteiger partial charge in [0.1, 0.15) is 0 Å². The number of non-ortho nitro benzene ring substituents is 1. The highest BCUT2D eigenvalue weighted by atomic mass is 32.2. The van der Waals surface area contributed by atoms with Crippen LogP contribution in [0.3, 0.4) is 0 Å². The largest absolute Gasteiger partial charge is 0.333 e. The molecule has 0 saturated heterocycles. The topological polar surface area (TPSA) is 88.9 Å². The molecule has 0 aliphatic carbocycles. The van der Waals surface area contributed by atoms with Crippen LogP contribution in [0, 0.1) is 10.1 Å². The van der Waals surface area contributed by atoms with Crippen LogP contribution in [-0.4, -0.2) is 20.0 Å². The fourth-order valence-electron chi connectivity index (χ4n) is 1.87. The number of aromatic amines is 1. The number of hydrogen-bond acceptors (Lipinski definition) is 5. The molecule has 0 fully saturated rings. The highest BCUT2D eigenvalue weighted by Crippen LogP contribution is 2.24. The Morgan fingerprint density at radius 1 is 1.19 bits per heavy atom. The van der Waals surface area contributed by atoms with E-state index in [1.54, 1.807) is 6.07 Å². The van der Waals surface area contributed by atoms with Gasteiger partial charge >= 0.3 is 0 Å². The van der Waals surface area contributed by atoms with Crippen LogP contribution in [0.25, 0.3) is 11.0 Å². The Labute approximate surface area is 123 Å². The van der Waals surface area contributed by atoms with Crippen LogP contribution in [0.15, 0.2) is 53.7 Å². The molecule has 0 bridgehead atoms. The minimum absolute atomic E-state index is 0.106. The highest BCUT2D eigenvalue weighted by Gasteiger charge is 2.14. The second kappa shape index (κ2) is 5.37. The summed E-state index contributed by atoms with van der Waals surface area (Å²) in [5.74, 6) is 0. The van der Waals surface area contributed by atoms with E-state index in [0.29, 0.717) is 5.16 Å². The molecule has 0 spiro atoms. The summed E-state index contributed by atoms with van der Waals surface area (Å²) in [6, 6.07) is 13.1. The maximum atomic E-state index is 12.1. The van der Waals surface area contributed by atoms with Gasteiger partial charge in [-0.3, -0.25) is 14.9 Å². The summed E-state index contributed by atoms with van der Waals surface area (Å²) >= 11 is 0.915. The number of fused-ring (bicyclic) bond motifs is 1. The van der Waals surface area contributed by atoms with E-state index in [2.05, 4.69) is 9.97 Å². The van der Waals surface area contributed by atoms with Gasteiger partial charge in [0.2, 0.25) is 5.12 Å². The summed E-state index contributed by atoms with van der Waals surface area (Å²) in [7, 11) is 0. The Kier molecular flexibility index (Phi) is 3.41. The molecule has 1 N–H and O–H groups in total. The zero-order chi connectivity index (χ0) is 14.8. The zero-order valence-electron chi connectivity index (χ0n) is 10.6. The van der Waals surface area contributed by atoms with E-state index < -0.39 is 4.92 Å². The van der Waals surface area contributed by atoms with Gasteiger partial charge in [-0.1, -0.05) is 18.2 Å². The average Bonchev–Trinajstić information content (AvgIpc) is 2.89. The lowest BCUT2D eigenvalue weighted by atomic mass is 10.2. The summed E-state index contributed by atoms with van der Waals surface area (Å²) in [5, 5.41) is 10.9. The van der Waals surface area contributed by atoms with Crippen molar-refractivity contribution in [1.82, 2.24) is 9.97 Å². The zero-order valence-corrected chi connectivity index (χ0v) is 11.5. The maximum absolute atomic E-state index is 12.1. The van der Waals surface area contributed by atoms with Crippen molar-refractivity contribution >= 4 is 33.6 Å². The summed E-state index contributed by atoms with van der Waals surface area (Å²) in [6.45, 7) is 0. The molecule has 0 atom stereocenters. The van der Waals surface area contributed by atoms with Crippen molar-refractivity contribution < 1.29 is 9.72 Å². The van der Waals surface area contributed by atoms with Gasteiger partial charge in [-0.2, -0.15) is 0 Å². The predicted molar refractivity (Wildman–Crippen MR) is 79.4 cm³/mol. The Balaban J connectivity index is 1.85. The first-order valence-electron chi connectivity index (χ1n) is 6.05. The SMILES string of the molecule is O=C(Sc1nc2ccccc2[nH]1)c1cccc([N+](=O)[O-])c1. The Bertz CT molecular complexity index is 811. The van der Waals surface area contributed by atoms with Gasteiger partial charge in [-0.15, -0.1) is 0 Å². The summed E-state index contributed by atoms with van der Waals surface area (Å²) in [6.07, 6.45) is 0. The fourth-order valence-corrected chi connectivity index (χ4v) is 2.60. The van der Waals surface area contributed by atoms with Crippen molar-refractivity contribution in [2.45, 2.75) is 5.16 Å². The summed E-state index contributed by atoms with van der Waals surface area (Å²) in [5.41, 5.74) is 1.78. The number of H-pyrrole nitrogens is 1. The number of rotatable bonds is 3. The number of hydrogen-bond donors (Lipinski definition) is 1. The number of nitro groups is 1. The average molecular weight is 299 g/mol. The Hall–Kier alpha value is -2.67. The molecule has 1 heterocycles. The smallest absolute Gasteiger partial charge is 0.270 e. The van der Waals surface area contributed by atoms with E-state index in [1.165, 1.54) is 18.2 Å². The van der Waals surface area contributed by atoms with Crippen molar-refractivity contribution in [2.24, 2.45) is 0 Å². The van der Waals surface area contributed by atoms with E-state index in [4.69, 9.17) is 0 Å². The van der Waals surface area contributed by atoms with Crippen molar-refractivity contribution in [3.63, 3.8) is 0 Å². The number of para-hydroxylation sites is 2. The molecule has 0 saturated carbocycles. The molecular weight excluding hydrogens is 290 g/mol. The van der Waals surface area contributed by atoms with Gasteiger partial charge in [0.05, 0.1) is 16.0 Å². The van der Waals surface area contributed by atoms with Gasteiger partial charge in [-0.25, -0.2) is 4.98 Å². The van der Waals surface area contributed by atoms with Gasteiger partial charge in [0.25, 0.3) is 5.69 Å². The number of aromatic nitrogens is 2. The molecule has 21 heavy (non-hydrogen) atoms. The first-order chi connectivity index (χ1) is 10.1. The Morgan fingerprint density at radius 2 is 2.00 bits per heavy atom. The number of nitrogens with zero attached hydrogens (tertiary/aromatic N) is 2. The van der Waals surface area contributed by atoms with E-state index >= 15 is 0 Å². The first kappa shape index (κ1) is 13.3. The highest BCUT2D eigenvalue weighted by molar-refractivity contribution is 8.14. The number of carbonyl (C=O) groups excluding carboxylic acids is 1. The standard InChI is InChI=1S/C14H9N3O3S/c18-13(9-4-3-5-10(8-9)17(19)20)21-14-15-11-6-1-2-7-12(11)16-14/h1-8H,(H,15,16). The van der Waals surface area contributed by atoms with Crippen LogP contribution in [0.1, 0.15) is 10.4 Å². The molecule has 0 unspecified atom stereocenters.